The summed E-state index contributed by atoms with van der Waals surface area (Å²) in [4.78, 5) is 47.3. The van der Waals surface area contributed by atoms with E-state index in [4.69, 9.17) is 5.73 Å². The van der Waals surface area contributed by atoms with E-state index < -0.39 is 58.7 Å². The molecule has 1 amide bonds. The second-order valence-electron chi connectivity index (χ2n) is 11.5. The van der Waals surface area contributed by atoms with Crippen LogP contribution in [0.2, 0.25) is 0 Å². The third-order valence-corrected chi connectivity index (χ3v) is 8.75. The number of fused-ring (bicyclic) bond motifs is 3. The van der Waals surface area contributed by atoms with Gasteiger partial charge in [-0.25, -0.2) is 0 Å². The quantitative estimate of drug-likeness (QED) is 0.207. The van der Waals surface area contributed by atoms with Crippen molar-refractivity contribution in [3.05, 3.63) is 52.9 Å². The van der Waals surface area contributed by atoms with Gasteiger partial charge in [0, 0.05) is 56.3 Å². The predicted octanol–water partition coefficient (Wildman–Crippen LogP) is 0.202. The average molecular weight is 566 g/mol. The standard InChI is InChI=1S/C29H35N5O7/c1-33(2)18-10-17(32-12-13-6-5-7-31-11-13)23(35)20-15(18)8-14-9-16-22(34(3)4)25(37)21(28(30)40)27(39)29(16,41)26(38)19(14)24(20)36/h5-7,10-11,14,16,21-22,25,32,35-37,41H,8-9,12H2,1-4H3,(H2,30,40)/t14-,16-,21?,22-,25?,29-/m1/s1. The molecule has 3 aliphatic carbocycles. The van der Waals surface area contributed by atoms with E-state index in [9.17, 15) is 34.8 Å². The fourth-order valence-corrected chi connectivity index (χ4v) is 6.89. The Morgan fingerprint density at radius 1 is 1.22 bits per heavy atom. The molecule has 0 bridgehead atoms. The molecular formula is C29H35N5O7. The van der Waals surface area contributed by atoms with Gasteiger partial charge in [0.1, 0.15) is 17.4 Å². The van der Waals surface area contributed by atoms with Crippen molar-refractivity contribution in [1.29, 1.82) is 0 Å². The Morgan fingerprint density at radius 3 is 2.51 bits per heavy atom. The summed E-state index contributed by atoms with van der Waals surface area (Å²) in [7, 11) is 6.88. The number of nitrogens with two attached hydrogens (primary N) is 1. The van der Waals surface area contributed by atoms with E-state index in [0.717, 1.165) is 5.56 Å². The smallest absolute Gasteiger partial charge is 0.230 e. The minimum Gasteiger partial charge on any atom is -0.507 e. The van der Waals surface area contributed by atoms with Crippen LogP contribution in [0.1, 0.15) is 23.1 Å². The lowest BCUT2D eigenvalue weighted by atomic mass is 9.54. The van der Waals surface area contributed by atoms with Gasteiger partial charge in [-0.15, -0.1) is 0 Å². The molecule has 0 radical (unpaired) electrons. The molecule has 3 aliphatic rings. The molecule has 12 nitrogen and oxygen atoms in total. The van der Waals surface area contributed by atoms with E-state index in [1.54, 1.807) is 43.5 Å². The maximum atomic E-state index is 14.1. The number of primary amides is 1. The van der Waals surface area contributed by atoms with Crippen LogP contribution >= 0.6 is 0 Å². The Bertz CT molecular complexity index is 1460. The fourth-order valence-electron chi connectivity index (χ4n) is 6.89. The SMILES string of the molecule is CN(C)c1cc(NCc2cccnc2)c(O)c2c1C[C@@H]1C[C@@H]3[C@@H](N(C)C)C(O)C(C(N)=O)C(=O)[C@]3(O)C(=O)C1=C2O. The molecule has 218 valence electrons. The lowest BCUT2D eigenvalue weighted by Gasteiger charge is -2.53. The highest BCUT2D eigenvalue weighted by molar-refractivity contribution is 6.25. The number of likely N-dealkylation sites (N-methyl/N-ethyl adjacent to an activating group) is 1. The van der Waals surface area contributed by atoms with Crippen LogP contribution in [-0.2, 0) is 27.3 Å². The lowest BCUT2D eigenvalue weighted by Crippen LogP contribution is -2.73. The number of aliphatic hydroxyl groups is 3. The van der Waals surface area contributed by atoms with Crippen LogP contribution in [0.5, 0.6) is 5.75 Å². The summed E-state index contributed by atoms with van der Waals surface area (Å²) in [5.41, 5.74) is 5.05. The first kappa shape index (κ1) is 28.5. The molecule has 7 N–H and O–H groups in total. The molecule has 0 spiro atoms. The Morgan fingerprint density at radius 2 is 1.93 bits per heavy atom. The van der Waals surface area contributed by atoms with Gasteiger partial charge in [-0.3, -0.25) is 19.4 Å². The van der Waals surface area contributed by atoms with Crippen LogP contribution in [-0.4, -0.2) is 93.7 Å². The number of aliphatic hydroxyl groups excluding tert-OH is 2. The molecule has 2 aromatic rings. The number of aromatic hydroxyl groups is 1. The summed E-state index contributed by atoms with van der Waals surface area (Å²) in [6, 6.07) is 4.47. The van der Waals surface area contributed by atoms with Gasteiger partial charge in [-0.2, -0.15) is 0 Å². The van der Waals surface area contributed by atoms with Gasteiger partial charge in [-0.1, -0.05) is 6.07 Å². The number of pyridine rings is 1. The van der Waals surface area contributed by atoms with E-state index in [2.05, 4.69) is 10.3 Å². The van der Waals surface area contributed by atoms with Gasteiger partial charge in [0.2, 0.25) is 11.7 Å². The van der Waals surface area contributed by atoms with Gasteiger partial charge in [0.05, 0.1) is 17.4 Å². The second kappa shape index (κ2) is 10.1. The number of ketones is 2. The summed E-state index contributed by atoms with van der Waals surface area (Å²) in [6.07, 6.45) is 2.08. The first-order valence-corrected chi connectivity index (χ1v) is 13.4. The molecule has 5 rings (SSSR count). The van der Waals surface area contributed by atoms with Crippen molar-refractivity contribution in [3.8, 4) is 5.75 Å². The molecule has 0 saturated heterocycles. The number of anilines is 2. The summed E-state index contributed by atoms with van der Waals surface area (Å²) in [5, 5.41) is 48.9. The van der Waals surface area contributed by atoms with Crippen LogP contribution in [0.3, 0.4) is 0 Å². The number of rotatable bonds is 6. The number of amides is 1. The van der Waals surface area contributed by atoms with Crippen molar-refractivity contribution in [2.24, 2.45) is 23.5 Å². The Labute approximate surface area is 237 Å². The number of phenolic OH excluding ortho intramolecular Hbond substituents is 1. The molecule has 1 aromatic heterocycles. The Hall–Kier alpha value is -4.00. The zero-order valence-corrected chi connectivity index (χ0v) is 23.3. The van der Waals surface area contributed by atoms with Gasteiger partial charge in [0.25, 0.3) is 0 Å². The zero-order chi connectivity index (χ0) is 30.0. The summed E-state index contributed by atoms with van der Waals surface area (Å²) >= 11 is 0. The average Bonchev–Trinajstić information content (AvgIpc) is 2.90. The number of hydrogen-bond acceptors (Lipinski definition) is 11. The molecule has 6 atom stereocenters. The van der Waals surface area contributed by atoms with Crippen molar-refractivity contribution in [1.82, 2.24) is 9.88 Å². The van der Waals surface area contributed by atoms with Crippen molar-refractivity contribution in [3.63, 3.8) is 0 Å². The highest BCUT2D eigenvalue weighted by Crippen LogP contribution is 2.54. The van der Waals surface area contributed by atoms with Crippen molar-refractivity contribution >= 4 is 34.6 Å². The van der Waals surface area contributed by atoms with Crippen LogP contribution in [0.15, 0.2) is 36.2 Å². The van der Waals surface area contributed by atoms with E-state index >= 15 is 0 Å². The fraction of sp³-hybridized carbons (Fsp3) is 0.448. The molecule has 1 aromatic carbocycles. The first-order valence-electron chi connectivity index (χ1n) is 13.4. The largest absolute Gasteiger partial charge is 0.507 e. The number of carbonyl (C=O) groups excluding carboxylic acids is 3. The summed E-state index contributed by atoms with van der Waals surface area (Å²) < 4.78 is 0. The van der Waals surface area contributed by atoms with Gasteiger partial charge in [0.15, 0.2) is 11.4 Å². The molecule has 12 heteroatoms. The second-order valence-corrected chi connectivity index (χ2v) is 11.5. The molecule has 2 unspecified atom stereocenters. The van der Waals surface area contributed by atoms with Gasteiger partial charge < -0.3 is 41.3 Å². The summed E-state index contributed by atoms with van der Waals surface area (Å²) in [5.74, 6) is -7.69. The van der Waals surface area contributed by atoms with Crippen molar-refractivity contribution < 1.29 is 34.8 Å². The summed E-state index contributed by atoms with van der Waals surface area (Å²) in [6.45, 7) is 0.324. The number of benzene rings is 1. The van der Waals surface area contributed by atoms with Crippen molar-refractivity contribution in [2.75, 3.05) is 38.4 Å². The number of phenols is 1. The van der Waals surface area contributed by atoms with Gasteiger partial charge in [-0.05, 0) is 56.1 Å². The minimum absolute atomic E-state index is 0.0328. The molecule has 2 fully saturated rings. The Balaban J connectivity index is 1.65. The normalized spacial score (nSPS) is 29.1. The van der Waals surface area contributed by atoms with E-state index in [-0.39, 0.29) is 29.7 Å². The topological polar surface area (TPSA) is 190 Å². The Kier molecular flexibility index (Phi) is 7.04. The van der Waals surface area contributed by atoms with E-state index in [1.165, 1.54) is 0 Å². The minimum atomic E-state index is -2.69. The van der Waals surface area contributed by atoms with Crippen LogP contribution in [0.25, 0.3) is 5.76 Å². The zero-order valence-electron chi connectivity index (χ0n) is 23.3. The van der Waals surface area contributed by atoms with E-state index in [1.807, 2.05) is 25.1 Å². The van der Waals surface area contributed by atoms with Gasteiger partial charge >= 0.3 is 0 Å². The third-order valence-electron chi connectivity index (χ3n) is 8.75. The molecule has 2 saturated carbocycles. The maximum absolute atomic E-state index is 14.1. The molecular weight excluding hydrogens is 530 g/mol. The number of Topliss-reactive ketones (excluding diaryl/α,β-unsaturated/α-hetero) is 2. The van der Waals surface area contributed by atoms with Crippen LogP contribution in [0.4, 0.5) is 11.4 Å². The molecule has 1 heterocycles. The number of hydrogen-bond donors (Lipinski definition) is 6. The van der Waals surface area contributed by atoms with Crippen molar-refractivity contribution in [2.45, 2.75) is 37.1 Å². The third kappa shape index (κ3) is 4.25. The first-order chi connectivity index (χ1) is 19.3. The number of nitrogens with one attached hydrogen (secondary N) is 1. The van der Waals surface area contributed by atoms with Crippen LogP contribution < -0.4 is 16.0 Å². The maximum Gasteiger partial charge on any atom is 0.230 e. The monoisotopic (exact) mass is 565 g/mol. The number of aromatic nitrogens is 1. The predicted molar refractivity (Wildman–Crippen MR) is 150 cm³/mol. The number of carbonyl (C=O) groups is 3. The highest BCUT2D eigenvalue weighted by atomic mass is 16.3. The lowest BCUT2D eigenvalue weighted by molar-refractivity contribution is -0.184. The number of nitrogens with zero attached hydrogens (tertiary/aromatic N) is 3. The van der Waals surface area contributed by atoms with Crippen LogP contribution in [0, 0.1) is 17.8 Å². The van der Waals surface area contributed by atoms with E-state index in [0.29, 0.717) is 23.5 Å². The molecule has 0 aliphatic heterocycles. The molecule has 41 heavy (non-hydrogen) atoms. The highest BCUT2D eigenvalue weighted by Gasteiger charge is 2.67.